The van der Waals surface area contributed by atoms with E-state index in [1.807, 2.05) is 0 Å². The maximum Gasteiger partial charge on any atom is 0.0866 e. The normalized spacial score (nSPS) is 18.0. The van der Waals surface area contributed by atoms with Gasteiger partial charge in [0, 0.05) is 5.92 Å². The van der Waals surface area contributed by atoms with Crippen molar-refractivity contribution in [1.82, 2.24) is 0 Å². The summed E-state index contributed by atoms with van der Waals surface area (Å²) in [6, 6.07) is 0.667. The molecule has 0 aliphatic carbocycles. The maximum absolute atomic E-state index is 4.03. The van der Waals surface area contributed by atoms with Crippen LogP contribution in [0.1, 0.15) is 33.6 Å². The molecule has 0 aliphatic heterocycles. The Bertz CT molecular complexity index is 44.3. The van der Waals surface area contributed by atoms with Crippen LogP contribution in [0.5, 0.6) is 0 Å². The van der Waals surface area contributed by atoms with Crippen molar-refractivity contribution >= 4 is 0 Å². The fraction of sp³-hybridized carbons (Fsp3) is 1.00. The first-order chi connectivity index (χ1) is 3.72. The molecule has 0 saturated heterocycles. The second-order valence-electron chi connectivity index (χ2n) is 2.55. The average Bonchev–Trinajstić information content (AvgIpc) is 1.84. The van der Waals surface area contributed by atoms with Gasteiger partial charge in [-0.1, -0.05) is 20.8 Å². The lowest BCUT2D eigenvalue weighted by atomic mass is 9.98. The lowest BCUT2D eigenvalue weighted by Crippen LogP contribution is -2.63. The van der Waals surface area contributed by atoms with E-state index in [2.05, 4.69) is 26.5 Å². The van der Waals surface area contributed by atoms with E-state index in [1.54, 1.807) is 0 Å². The molecule has 2 unspecified atom stereocenters. The zero-order chi connectivity index (χ0) is 6.57. The highest BCUT2D eigenvalue weighted by molar-refractivity contribution is 4.57. The molecule has 50 valence electrons. The van der Waals surface area contributed by atoms with E-state index < -0.39 is 0 Å². The van der Waals surface area contributed by atoms with Gasteiger partial charge in [0.2, 0.25) is 0 Å². The summed E-state index contributed by atoms with van der Waals surface area (Å²) in [5, 5.41) is 0. The molecule has 0 aliphatic rings. The SMILES string of the molecule is CCC(C)C([NH3+])CC. The lowest BCUT2D eigenvalue weighted by molar-refractivity contribution is -0.432. The largest absolute Gasteiger partial charge is 0.355 e. The summed E-state index contributed by atoms with van der Waals surface area (Å²) < 4.78 is 0. The van der Waals surface area contributed by atoms with Crippen LogP contribution in [0, 0.1) is 5.92 Å². The number of rotatable bonds is 3. The van der Waals surface area contributed by atoms with Gasteiger partial charge < -0.3 is 5.73 Å². The molecule has 0 saturated carbocycles. The minimum Gasteiger partial charge on any atom is -0.355 e. The third kappa shape index (κ3) is 2.31. The highest BCUT2D eigenvalue weighted by atomic mass is 14.6. The molecule has 0 aromatic rings. The quantitative estimate of drug-likeness (QED) is 0.571. The van der Waals surface area contributed by atoms with Crippen LogP contribution in [0.15, 0.2) is 0 Å². The third-order valence-electron chi connectivity index (χ3n) is 1.97. The molecule has 2 atom stereocenters. The number of quaternary nitrogens is 1. The van der Waals surface area contributed by atoms with Gasteiger partial charge in [0.1, 0.15) is 0 Å². The Morgan fingerprint density at radius 3 is 1.88 bits per heavy atom. The molecule has 0 aromatic carbocycles. The minimum atomic E-state index is 0.667. The molecule has 0 spiro atoms. The lowest BCUT2D eigenvalue weighted by Gasteiger charge is -2.11. The van der Waals surface area contributed by atoms with Crippen LogP contribution in [0.2, 0.25) is 0 Å². The van der Waals surface area contributed by atoms with Crippen molar-refractivity contribution in [2.45, 2.75) is 39.7 Å². The molecular formula is C7H18N+. The highest BCUT2D eigenvalue weighted by Crippen LogP contribution is 2.05. The smallest absolute Gasteiger partial charge is 0.0866 e. The van der Waals surface area contributed by atoms with E-state index in [0.717, 1.165) is 5.92 Å². The van der Waals surface area contributed by atoms with Gasteiger partial charge in [-0.15, -0.1) is 0 Å². The van der Waals surface area contributed by atoms with Crippen molar-refractivity contribution in [3.63, 3.8) is 0 Å². The predicted molar refractivity (Wildman–Crippen MR) is 36.4 cm³/mol. The fourth-order valence-corrected chi connectivity index (χ4v) is 0.736. The van der Waals surface area contributed by atoms with Gasteiger partial charge >= 0.3 is 0 Å². The van der Waals surface area contributed by atoms with E-state index in [-0.39, 0.29) is 0 Å². The Hall–Kier alpha value is -0.0400. The molecule has 0 heterocycles. The van der Waals surface area contributed by atoms with Crippen LogP contribution < -0.4 is 5.73 Å². The molecule has 1 heteroatoms. The molecule has 0 radical (unpaired) electrons. The van der Waals surface area contributed by atoms with Gasteiger partial charge in [-0.2, -0.15) is 0 Å². The van der Waals surface area contributed by atoms with Crippen molar-refractivity contribution in [2.24, 2.45) is 5.92 Å². The molecule has 1 nitrogen and oxygen atoms in total. The molecule has 0 aromatic heterocycles. The van der Waals surface area contributed by atoms with Crippen LogP contribution >= 0.6 is 0 Å². The summed E-state index contributed by atoms with van der Waals surface area (Å²) in [6.45, 7) is 6.68. The van der Waals surface area contributed by atoms with Crippen molar-refractivity contribution in [1.29, 1.82) is 0 Å². The zero-order valence-corrected chi connectivity index (χ0v) is 6.28. The summed E-state index contributed by atoms with van der Waals surface area (Å²) in [4.78, 5) is 0. The monoisotopic (exact) mass is 116 g/mol. The molecule has 0 fully saturated rings. The molecular weight excluding hydrogens is 98.1 g/mol. The Kier molecular flexibility index (Phi) is 3.88. The zero-order valence-electron chi connectivity index (χ0n) is 6.28. The molecule has 0 amide bonds. The fourth-order valence-electron chi connectivity index (χ4n) is 0.736. The van der Waals surface area contributed by atoms with Crippen molar-refractivity contribution in [3.05, 3.63) is 0 Å². The standard InChI is InChI=1S/C7H17N/c1-4-6(3)7(8)5-2/h6-7H,4-5,8H2,1-3H3/p+1. The van der Waals surface area contributed by atoms with E-state index >= 15 is 0 Å². The van der Waals surface area contributed by atoms with Gasteiger partial charge in [-0.3, -0.25) is 0 Å². The summed E-state index contributed by atoms with van der Waals surface area (Å²) in [5.41, 5.74) is 4.03. The average molecular weight is 116 g/mol. The predicted octanol–water partition coefficient (Wildman–Crippen LogP) is 1.05. The maximum atomic E-state index is 4.03. The van der Waals surface area contributed by atoms with Crippen molar-refractivity contribution < 1.29 is 5.73 Å². The number of hydrogen-bond donors (Lipinski definition) is 1. The van der Waals surface area contributed by atoms with Crippen LogP contribution in [-0.4, -0.2) is 6.04 Å². The first-order valence-corrected chi connectivity index (χ1v) is 3.55. The Morgan fingerprint density at radius 1 is 1.25 bits per heavy atom. The van der Waals surface area contributed by atoms with Gasteiger partial charge in [0.15, 0.2) is 0 Å². The summed E-state index contributed by atoms with van der Waals surface area (Å²) in [6.07, 6.45) is 2.48. The van der Waals surface area contributed by atoms with Gasteiger partial charge in [0.25, 0.3) is 0 Å². The van der Waals surface area contributed by atoms with Gasteiger partial charge in [0.05, 0.1) is 6.04 Å². The second kappa shape index (κ2) is 3.90. The number of hydrogen-bond acceptors (Lipinski definition) is 0. The van der Waals surface area contributed by atoms with E-state index in [1.165, 1.54) is 12.8 Å². The Morgan fingerprint density at radius 2 is 1.75 bits per heavy atom. The molecule has 0 rings (SSSR count). The molecule has 0 bridgehead atoms. The van der Waals surface area contributed by atoms with Crippen molar-refractivity contribution in [3.8, 4) is 0 Å². The van der Waals surface area contributed by atoms with E-state index in [0.29, 0.717) is 6.04 Å². The topological polar surface area (TPSA) is 27.6 Å². The first kappa shape index (κ1) is 7.96. The summed E-state index contributed by atoms with van der Waals surface area (Å²) in [7, 11) is 0. The third-order valence-corrected chi connectivity index (χ3v) is 1.97. The van der Waals surface area contributed by atoms with Crippen LogP contribution in [-0.2, 0) is 0 Å². The van der Waals surface area contributed by atoms with E-state index in [4.69, 9.17) is 0 Å². The first-order valence-electron chi connectivity index (χ1n) is 3.55. The Labute approximate surface area is 52.3 Å². The van der Waals surface area contributed by atoms with Crippen molar-refractivity contribution in [2.75, 3.05) is 0 Å². The van der Waals surface area contributed by atoms with Crippen LogP contribution in [0.4, 0.5) is 0 Å². The van der Waals surface area contributed by atoms with Crippen LogP contribution in [0.3, 0.4) is 0 Å². The second-order valence-corrected chi connectivity index (χ2v) is 2.55. The summed E-state index contributed by atoms with van der Waals surface area (Å²) in [5.74, 6) is 0.806. The highest BCUT2D eigenvalue weighted by Gasteiger charge is 2.09. The minimum absolute atomic E-state index is 0.667. The molecule has 8 heavy (non-hydrogen) atoms. The summed E-state index contributed by atoms with van der Waals surface area (Å²) >= 11 is 0. The van der Waals surface area contributed by atoms with E-state index in [9.17, 15) is 0 Å². The van der Waals surface area contributed by atoms with Crippen LogP contribution in [0.25, 0.3) is 0 Å². The Balaban J connectivity index is 3.29. The van der Waals surface area contributed by atoms with Gasteiger partial charge in [-0.25, -0.2) is 0 Å². The van der Waals surface area contributed by atoms with Gasteiger partial charge in [-0.05, 0) is 12.8 Å². The molecule has 3 N–H and O–H groups in total.